The van der Waals surface area contributed by atoms with E-state index in [-0.39, 0.29) is 29.6 Å². The van der Waals surface area contributed by atoms with Gasteiger partial charge in [0, 0.05) is 37.4 Å². The molecule has 3 aliphatic carbocycles. The number of carbonyl (C=O) groups is 2. The molecule has 1 spiro atoms. The number of likely N-dealkylation sites (tertiary alicyclic amines) is 1. The quantitative estimate of drug-likeness (QED) is 0.792. The zero-order valence-electron chi connectivity index (χ0n) is 16.7. The molecule has 3 saturated carbocycles. The highest BCUT2D eigenvalue weighted by atomic mass is 16.5. The van der Waals surface area contributed by atoms with Crippen molar-refractivity contribution in [2.45, 2.75) is 50.4 Å². The van der Waals surface area contributed by atoms with E-state index in [4.69, 9.17) is 9.47 Å². The van der Waals surface area contributed by atoms with Gasteiger partial charge in [0.25, 0.3) is 5.91 Å². The molecule has 2 aliphatic heterocycles. The number of fused-ring (bicyclic) bond motifs is 3. The van der Waals surface area contributed by atoms with E-state index >= 15 is 0 Å². The molecule has 0 radical (unpaired) electrons. The second-order valence-electron chi connectivity index (χ2n) is 8.97. The molecule has 156 valence electrons. The molecule has 1 saturated heterocycles. The molecule has 6 rings (SSSR count). The number of aliphatic hydroxyl groups excluding tert-OH is 1. The van der Waals surface area contributed by atoms with Crippen molar-refractivity contribution in [1.29, 1.82) is 0 Å². The van der Waals surface area contributed by atoms with E-state index in [1.54, 1.807) is 25.3 Å². The fraction of sp³-hybridized carbons (Fsp3) is 0.636. The monoisotopic (exact) mass is 400 g/mol. The van der Waals surface area contributed by atoms with E-state index < -0.39 is 11.8 Å². The van der Waals surface area contributed by atoms with E-state index in [1.807, 2.05) is 4.90 Å². The van der Waals surface area contributed by atoms with Gasteiger partial charge in [-0.2, -0.15) is 0 Å². The highest BCUT2D eigenvalue weighted by Gasteiger charge is 2.57. The summed E-state index contributed by atoms with van der Waals surface area (Å²) in [5, 5.41) is 13.1. The topological polar surface area (TPSA) is 88.1 Å². The number of methoxy groups -OCH3 is 1. The predicted molar refractivity (Wildman–Crippen MR) is 105 cm³/mol. The van der Waals surface area contributed by atoms with Gasteiger partial charge in [0.2, 0.25) is 5.91 Å². The maximum Gasteiger partial charge on any atom is 0.258 e. The SMILES string of the molecule is COc1ccc2c(c1)O[C@]1(C[C@@H]3CC[C@@H]1C[C@@H]3C(=O)N1CCC[C@H](O)C1)NC2=O. The predicted octanol–water partition coefficient (Wildman–Crippen LogP) is 1.93. The van der Waals surface area contributed by atoms with Gasteiger partial charge in [0.1, 0.15) is 11.5 Å². The summed E-state index contributed by atoms with van der Waals surface area (Å²) < 4.78 is 11.7. The summed E-state index contributed by atoms with van der Waals surface area (Å²) in [5.74, 6) is 1.49. The maximum atomic E-state index is 13.2. The standard InChI is InChI=1S/C22H28N2O5/c1-28-16-6-7-17-19(10-16)29-22(23-20(17)26)11-13-4-5-14(22)9-18(13)21(27)24-8-2-3-15(25)12-24/h6-7,10,13-15,18,25H,2-5,8-9,11-12H2,1H3,(H,23,26)/t13-,14+,15-,18-,22-/m0/s1. The van der Waals surface area contributed by atoms with Crippen molar-refractivity contribution in [3.63, 3.8) is 0 Å². The van der Waals surface area contributed by atoms with Crippen LogP contribution in [0, 0.1) is 17.8 Å². The van der Waals surface area contributed by atoms with Gasteiger partial charge in [0.05, 0.1) is 18.8 Å². The van der Waals surface area contributed by atoms with Gasteiger partial charge in [0.15, 0.2) is 5.72 Å². The Kier molecular flexibility index (Phi) is 4.46. The third kappa shape index (κ3) is 3.06. The van der Waals surface area contributed by atoms with Crippen molar-refractivity contribution in [1.82, 2.24) is 10.2 Å². The van der Waals surface area contributed by atoms with Crippen molar-refractivity contribution in [3.05, 3.63) is 23.8 Å². The maximum absolute atomic E-state index is 13.2. The summed E-state index contributed by atoms with van der Waals surface area (Å²) in [4.78, 5) is 27.8. The normalized spacial score (nSPS) is 35.7. The van der Waals surface area contributed by atoms with Crippen LogP contribution in [0.15, 0.2) is 18.2 Å². The van der Waals surface area contributed by atoms with Gasteiger partial charge in [-0.25, -0.2) is 0 Å². The molecule has 2 N–H and O–H groups in total. The summed E-state index contributed by atoms with van der Waals surface area (Å²) in [5.41, 5.74) is -0.217. The average molecular weight is 400 g/mol. The number of hydrogen-bond donors (Lipinski definition) is 2. The van der Waals surface area contributed by atoms with Crippen LogP contribution in [0.5, 0.6) is 11.5 Å². The lowest BCUT2D eigenvalue weighted by Crippen LogP contribution is -2.67. The number of piperidine rings is 1. The minimum Gasteiger partial charge on any atom is -0.497 e. The first-order chi connectivity index (χ1) is 14.0. The molecule has 0 unspecified atom stereocenters. The van der Waals surface area contributed by atoms with E-state index in [0.29, 0.717) is 30.0 Å². The van der Waals surface area contributed by atoms with E-state index in [1.165, 1.54) is 0 Å². The van der Waals surface area contributed by atoms with Crippen LogP contribution in [0.1, 0.15) is 48.9 Å². The average Bonchev–Trinajstić information content (AvgIpc) is 2.73. The number of β-amino-alcohol motifs (C(OH)–C–C–N with tert-alkyl or cyclic N) is 1. The van der Waals surface area contributed by atoms with Crippen LogP contribution in [0.2, 0.25) is 0 Å². The number of benzene rings is 1. The Hall–Kier alpha value is -2.28. The molecule has 5 atom stereocenters. The van der Waals surface area contributed by atoms with Crippen LogP contribution in [-0.4, -0.2) is 53.8 Å². The lowest BCUT2D eigenvalue weighted by atomic mass is 9.59. The van der Waals surface area contributed by atoms with Crippen LogP contribution in [0.4, 0.5) is 0 Å². The Morgan fingerprint density at radius 1 is 1.34 bits per heavy atom. The van der Waals surface area contributed by atoms with Crippen molar-refractivity contribution < 1.29 is 24.2 Å². The molecule has 4 fully saturated rings. The first-order valence-electron chi connectivity index (χ1n) is 10.7. The van der Waals surface area contributed by atoms with Crippen LogP contribution in [0.3, 0.4) is 0 Å². The Balaban J connectivity index is 1.37. The molecule has 0 aromatic heterocycles. The van der Waals surface area contributed by atoms with Gasteiger partial charge < -0.3 is 24.8 Å². The number of aliphatic hydroxyl groups is 1. The van der Waals surface area contributed by atoms with E-state index in [2.05, 4.69) is 5.32 Å². The van der Waals surface area contributed by atoms with Crippen molar-refractivity contribution in [3.8, 4) is 11.5 Å². The van der Waals surface area contributed by atoms with Crippen molar-refractivity contribution in [2.24, 2.45) is 17.8 Å². The number of nitrogens with one attached hydrogen (secondary N) is 1. The summed E-state index contributed by atoms with van der Waals surface area (Å²) in [6, 6.07) is 5.26. The third-order valence-corrected chi connectivity index (χ3v) is 7.29. The number of amides is 2. The van der Waals surface area contributed by atoms with Gasteiger partial charge in [-0.05, 0) is 50.2 Å². The van der Waals surface area contributed by atoms with E-state index in [9.17, 15) is 14.7 Å². The van der Waals surface area contributed by atoms with Gasteiger partial charge in [-0.3, -0.25) is 9.59 Å². The number of carbonyl (C=O) groups excluding carboxylic acids is 2. The van der Waals surface area contributed by atoms with Crippen molar-refractivity contribution >= 4 is 11.8 Å². The smallest absolute Gasteiger partial charge is 0.258 e. The Morgan fingerprint density at radius 3 is 2.93 bits per heavy atom. The minimum absolute atomic E-state index is 0.0446. The first kappa shape index (κ1) is 18.7. The summed E-state index contributed by atoms with van der Waals surface area (Å²) in [6.45, 7) is 1.17. The summed E-state index contributed by atoms with van der Waals surface area (Å²) in [7, 11) is 1.59. The molecule has 5 aliphatic rings. The molecule has 1 aromatic rings. The van der Waals surface area contributed by atoms with Crippen LogP contribution >= 0.6 is 0 Å². The second kappa shape index (κ2) is 6.90. The van der Waals surface area contributed by atoms with E-state index in [0.717, 1.165) is 38.6 Å². The molecule has 1 aromatic carbocycles. The number of ether oxygens (including phenoxy) is 2. The highest BCUT2D eigenvalue weighted by molar-refractivity contribution is 5.98. The van der Waals surface area contributed by atoms with Gasteiger partial charge in [-0.1, -0.05) is 0 Å². The number of rotatable bonds is 2. The highest BCUT2D eigenvalue weighted by Crippen LogP contribution is 2.53. The number of nitrogens with zero attached hydrogens (tertiary/aromatic N) is 1. The Bertz CT molecular complexity index is 842. The molecular weight excluding hydrogens is 372 g/mol. The zero-order valence-corrected chi connectivity index (χ0v) is 16.7. The lowest BCUT2D eigenvalue weighted by Gasteiger charge is -2.55. The van der Waals surface area contributed by atoms with Crippen LogP contribution in [0.25, 0.3) is 0 Å². The molecule has 7 nitrogen and oxygen atoms in total. The molecular formula is C22H28N2O5. The molecule has 2 heterocycles. The Labute approximate surface area is 170 Å². The van der Waals surface area contributed by atoms with Gasteiger partial charge in [-0.15, -0.1) is 0 Å². The van der Waals surface area contributed by atoms with Crippen LogP contribution < -0.4 is 14.8 Å². The largest absolute Gasteiger partial charge is 0.497 e. The fourth-order valence-electron chi connectivity index (χ4n) is 5.81. The number of hydrogen-bond acceptors (Lipinski definition) is 5. The minimum atomic E-state index is -0.739. The summed E-state index contributed by atoms with van der Waals surface area (Å²) in [6.07, 6.45) is 4.50. The zero-order chi connectivity index (χ0) is 20.2. The fourth-order valence-corrected chi connectivity index (χ4v) is 5.81. The summed E-state index contributed by atoms with van der Waals surface area (Å²) >= 11 is 0. The Morgan fingerprint density at radius 2 is 2.21 bits per heavy atom. The lowest BCUT2D eigenvalue weighted by molar-refractivity contribution is -0.157. The third-order valence-electron chi connectivity index (χ3n) is 7.29. The van der Waals surface area contributed by atoms with Crippen LogP contribution in [-0.2, 0) is 4.79 Å². The molecule has 2 amide bonds. The van der Waals surface area contributed by atoms with Gasteiger partial charge >= 0.3 is 0 Å². The molecule has 29 heavy (non-hydrogen) atoms. The molecule has 7 heteroatoms. The van der Waals surface area contributed by atoms with Crippen molar-refractivity contribution in [2.75, 3.05) is 20.2 Å². The molecule has 2 bridgehead atoms. The second-order valence-corrected chi connectivity index (χ2v) is 8.97. The first-order valence-corrected chi connectivity index (χ1v) is 10.7.